The third-order valence-electron chi connectivity index (χ3n) is 2.70. The van der Waals surface area contributed by atoms with Crippen LogP contribution in [0.3, 0.4) is 0 Å². The Morgan fingerprint density at radius 1 is 1.22 bits per heavy atom. The summed E-state index contributed by atoms with van der Waals surface area (Å²) in [5, 5.41) is 0. The van der Waals surface area contributed by atoms with Crippen LogP contribution in [-0.4, -0.2) is 10.8 Å². The van der Waals surface area contributed by atoms with Gasteiger partial charge in [-0.2, -0.15) is 0 Å². The van der Waals surface area contributed by atoms with Crippen LogP contribution in [-0.2, 0) is 0 Å². The Morgan fingerprint density at radius 3 is 2.61 bits per heavy atom. The van der Waals surface area contributed by atoms with Crippen molar-refractivity contribution in [3.8, 4) is 0 Å². The fourth-order valence-electron chi connectivity index (χ4n) is 1.68. The molecule has 0 aliphatic heterocycles. The zero-order valence-electron chi connectivity index (χ0n) is 9.73. The molecule has 0 spiro atoms. The molecule has 2 rings (SSSR count). The fraction of sp³-hybridized carbons (Fsp3) is 0.143. The average Bonchev–Trinajstić information content (AvgIpc) is 2.39. The maximum atomic E-state index is 12.8. The Bertz CT molecular complexity index is 567. The summed E-state index contributed by atoms with van der Waals surface area (Å²) in [6, 6.07) is 7.57. The van der Waals surface area contributed by atoms with Crippen LogP contribution in [0.1, 0.15) is 33.5 Å². The van der Waals surface area contributed by atoms with Crippen molar-refractivity contribution in [3.05, 3.63) is 65.0 Å². The number of nitrogens with zero attached hydrogens (tertiary/aromatic N) is 1. The smallest absolute Gasteiger partial charge is 0.264 e. The number of benzene rings is 1. The topological polar surface area (TPSA) is 30.0 Å². The van der Waals surface area contributed by atoms with Crippen molar-refractivity contribution in [1.29, 1.82) is 0 Å². The minimum atomic E-state index is -2.58. The second-order valence-corrected chi connectivity index (χ2v) is 3.94. The van der Waals surface area contributed by atoms with Crippen molar-refractivity contribution in [3.63, 3.8) is 0 Å². The molecule has 0 radical (unpaired) electrons. The number of rotatable bonds is 3. The van der Waals surface area contributed by atoms with Crippen LogP contribution in [0.4, 0.5) is 8.78 Å². The molecule has 2 aromatic rings. The average molecular weight is 247 g/mol. The van der Waals surface area contributed by atoms with E-state index in [2.05, 4.69) is 4.98 Å². The van der Waals surface area contributed by atoms with E-state index in [9.17, 15) is 13.6 Å². The predicted molar refractivity (Wildman–Crippen MR) is 63.8 cm³/mol. The van der Waals surface area contributed by atoms with E-state index in [1.54, 1.807) is 31.3 Å². The van der Waals surface area contributed by atoms with Crippen molar-refractivity contribution < 1.29 is 13.6 Å². The normalized spacial score (nSPS) is 10.7. The maximum absolute atomic E-state index is 12.8. The van der Waals surface area contributed by atoms with Gasteiger partial charge in [0, 0.05) is 29.1 Å². The molecule has 1 heterocycles. The Morgan fingerprint density at radius 2 is 2.00 bits per heavy atom. The molecule has 0 bridgehead atoms. The van der Waals surface area contributed by atoms with Gasteiger partial charge in [-0.3, -0.25) is 9.78 Å². The predicted octanol–water partition coefficient (Wildman–Crippen LogP) is 3.56. The van der Waals surface area contributed by atoms with Crippen LogP contribution in [0.2, 0.25) is 0 Å². The summed E-state index contributed by atoms with van der Waals surface area (Å²) in [7, 11) is 0. The highest BCUT2D eigenvalue weighted by atomic mass is 19.3. The number of alkyl halides is 2. The van der Waals surface area contributed by atoms with Gasteiger partial charge in [0.15, 0.2) is 5.78 Å². The van der Waals surface area contributed by atoms with Crippen LogP contribution in [0.15, 0.2) is 42.7 Å². The molecule has 0 amide bonds. The number of aryl methyl sites for hydroxylation is 1. The largest absolute Gasteiger partial charge is 0.289 e. The first-order chi connectivity index (χ1) is 8.59. The van der Waals surface area contributed by atoms with E-state index in [4.69, 9.17) is 0 Å². The van der Waals surface area contributed by atoms with E-state index in [0.717, 1.165) is 0 Å². The molecule has 2 nitrogen and oxygen atoms in total. The maximum Gasteiger partial charge on any atom is 0.264 e. The molecule has 0 saturated heterocycles. The molecule has 92 valence electrons. The first kappa shape index (κ1) is 12.4. The number of halogens is 2. The standard InChI is InChI=1S/C14H11F2NO/c1-9-4-5-10(7-12(9)14(15)16)13(18)11-3-2-6-17-8-11/h2-8,14H,1H3. The molecule has 4 heteroatoms. The Balaban J connectivity index is 2.41. The van der Waals surface area contributed by atoms with Crippen molar-refractivity contribution in [2.75, 3.05) is 0 Å². The van der Waals surface area contributed by atoms with Gasteiger partial charge in [0.25, 0.3) is 6.43 Å². The summed E-state index contributed by atoms with van der Waals surface area (Å²) >= 11 is 0. The number of pyridine rings is 1. The molecule has 0 saturated carbocycles. The highest BCUT2D eigenvalue weighted by molar-refractivity contribution is 6.08. The van der Waals surface area contributed by atoms with E-state index in [-0.39, 0.29) is 16.9 Å². The highest BCUT2D eigenvalue weighted by Crippen LogP contribution is 2.24. The van der Waals surface area contributed by atoms with Gasteiger partial charge in [-0.25, -0.2) is 8.78 Å². The van der Waals surface area contributed by atoms with E-state index >= 15 is 0 Å². The minimum Gasteiger partial charge on any atom is -0.289 e. The van der Waals surface area contributed by atoms with Crippen LogP contribution >= 0.6 is 0 Å². The van der Waals surface area contributed by atoms with Crippen molar-refractivity contribution in [2.24, 2.45) is 0 Å². The zero-order valence-corrected chi connectivity index (χ0v) is 9.73. The van der Waals surface area contributed by atoms with Crippen LogP contribution in [0.5, 0.6) is 0 Å². The van der Waals surface area contributed by atoms with Crippen molar-refractivity contribution in [2.45, 2.75) is 13.3 Å². The quantitative estimate of drug-likeness (QED) is 0.776. The van der Waals surface area contributed by atoms with Crippen LogP contribution < -0.4 is 0 Å². The van der Waals surface area contributed by atoms with Crippen LogP contribution in [0, 0.1) is 6.92 Å². The Kier molecular flexibility index (Phi) is 3.46. The highest BCUT2D eigenvalue weighted by Gasteiger charge is 2.15. The SMILES string of the molecule is Cc1ccc(C(=O)c2cccnc2)cc1C(F)F. The third-order valence-corrected chi connectivity index (χ3v) is 2.70. The van der Waals surface area contributed by atoms with Crippen LogP contribution in [0.25, 0.3) is 0 Å². The lowest BCUT2D eigenvalue weighted by atomic mass is 10.00. The van der Waals surface area contributed by atoms with E-state index in [1.165, 1.54) is 18.3 Å². The molecule has 0 fully saturated rings. The second-order valence-electron chi connectivity index (χ2n) is 3.94. The summed E-state index contributed by atoms with van der Waals surface area (Å²) in [6.45, 7) is 1.60. The third kappa shape index (κ3) is 2.42. The number of hydrogen-bond acceptors (Lipinski definition) is 2. The number of carbonyl (C=O) groups excluding carboxylic acids is 1. The lowest BCUT2D eigenvalue weighted by molar-refractivity contribution is 0.103. The van der Waals surface area contributed by atoms with E-state index in [1.807, 2.05) is 0 Å². The van der Waals surface area contributed by atoms with Gasteiger partial charge in [-0.15, -0.1) is 0 Å². The summed E-state index contributed by atoms with van der Waals surface area (Å²) in [5.74, 6) is -0.301. The number of hydrogen-bond donors (Lipinski definition) is 0. The molecular formula is C14H11F2NO. The number of ketones is 1. The Hall–Kier alpha value is -2.10. The fourth-order valence-corrected chi connectivity index (χ4v) is 1.68. The van der Waals surface area contributed by atoms with E-state index in [0.29, 0.717) is 11.1 Å². The summed E-state index contributed by atoms with van der Waals surface area (Å²) in [5.41, 5.74) is 1.02. The summed E-state index contributed by atoms with van der Waals surface area (Å²) in [6.07, 6.45) is 0.396. The molecule has 0 atom stereocenters. The van der Waals surface area contributed by atoms with Gasteiger partial charge < -0.3 is 0 Å². The minimum absolute atomic E-state index is 0.107. The van der Waals surface area contributed by atoms with Gasteiger partial charge in [-0.05, 0) is 30.7 Å². The molecule has 0 aliphatic rings. The monoisotopic (exact) mass is 247 g/mol. The van der Waals surface area contributed by atoms with Gasteiger partial charge >= 0.3 is 0 Å². The number of carbonyl (C=O) groups is 1. The first-order valence-corrected chi connectivity index (χ1v) is 5.43. The lowest BCUT2D eigenvalue weighted by Gasteiger charge is -2.07. The Labute approximate surface area is 103 Å². The summed E-state index contributed by atoms with van der Waals surface area (Å²) < 4.78 is 25.5. The van der Waals surface area contributed by atoms with Crippen molar-refractivity contribution >= 4 is 5.78 Å². The molecule has 1 aromatic heterocycles. The molecule has 1 aromatic carbocycles. The van der Waals surface area contributed by atoms with Gasteiger partial charge in [0.05, 0.1) is 0 Å². The molecule has 18 heavy (non-hydrogen) atoms. The second kappa shape index (κ2) is 5.04. The lowest BCUT2D eigenvalue weighted by Crippen LogP contribution is -2.03. The van der Waals surface area contributed by atoms with Gasteiger partial charge in [-0.1, -0.05) is 12.1 Å². The molecule has 0 unspecified atom stereocenters. The molecular weight excluding hydrogens is 236 g/mol. The van der Waals surface area contributed by atoms with Crippen molar-refractivity contribution in [1.82, 2.24) is 4.98 Å². The van der Waals surface area contributed by atoms with Gasteiger partial charge in [0.1, 0.15) is 0 Å². The molecule has 0 aliphatic carbocycles. The molecule has 0 N–H and O–H groups in total. The zero-order chi connectivity index (χ0) is 13.1. The van der Waals surface area contributed by atoms with E-state index < -0.39 is 6.43 Å². The first-order valence-electron chi connectivity index (χ1n) is 5.43. The van der Waals surface area contributed by atoms with Gasteiger partial charge in [0.2, 0.25) is 0 Å². The summed E-state index contributed by atoms with van der Waals surface area (Å²) in [4.78, 5) is 15.9. The number of aromatic nitrogens is 1.